The van der Waals surface area contributed by atoms with Gasteiger partial charge in [-0.1, -0.05) is 6.92 Å². The van der Waals surface area contributed by atoms with Crippen molar-refractivity contribution in [2.45, 2.75) is 13.3 Å². The zero-order valence-electron chi connectivity index (χ0n) is 11.1. The molecule has 0 saturated heterocycles. The molecule has 104 valence electrons. The molecule has 6 heteroatoms. The number of carbonyl (C=O) groups excluding carboxylic acids is 1. The molecule has 0 aromatic heterocycles. The second kappa shape index (κ2) is 6.63. The van der Waals surface area contributed by atoms with Crippen LogP contribution in [0.3, 0.4) is 0 Å². The van der Waals surface area contributed by atoms with Crippen molar-refractivity contribution in [3.63, 3.8) is 0 Å². The number of amides is 1. The predicted octanol–water partition coefficient (Wildman–Crippen LogP) is 0.929. The Labute approximate surface area is 112 Å². The smallest absolute Gasteiger partial charge is 0.335 e. The molecule has 4 N–H and O–H groups in total. The van der Waals surface area contributed by atoms with Crippen LogP contribution in [-0.2, 0) is 4.79 Å². The fourth-order valence-corrected chi connectivity index (χ4v) is 1.76. The van der Waals surface area contributed by atoms with Crippen molar-refractivity contribution in [2.24, 2.45) is 0 Å². The van der Waals surface area contributed by atoms with Gasteiger partial charge >= 0.3 is 5.97 Å². The van der Waals surface area contributed by atoms with E-state index in [1.807, 2.05) is 6.92 Å². The number of aromatic carboxylic acids is 1. The zero-order valence-corrected chi connectivity index (χ0v) is 11.1. The van der Waals surface area contributed by atoms with Crippen molar-refractivity contribution in [3.05, 3.63) is 23.8 Å². The number of carboxylic acids is 1. The molecule has 0 radical (unpaired) electrons. The minimum absolute atomic E-state index is 0.145. The van der Waals surface area contributed by atoms with E-state index in [0.717, 1.165) is 6.42 Å². The summed E-state index contributed by atoms with van der Waals surface area (Å²) < 4.78 is 0. The van der Waals surface area contributed by atoms with Gasteiger partial charge in [0.15, 0.2) is 0 Å². The van der Waals surface area contributed by atoms with Gasteiger partial charge in [0.1, 0.15) is 0 Å². The van der Waals surface area contributed by atoms with E-state index in [9.17, 15) is 9.59 Å². The summed E-state index contributed by atoms with van der Waals surface area (Å²) in [6.07, 6.45) is 0.827. The van der Waals surface area contributed by atoms with E-state index in [4.69, 9.17) is 10.8 Å². The van der Waals surface area contributed by atoms with Crippen LogP contribution in [0.1, 0.15) is 23.7 Å². The Hall–Kier alpha value is -2.24. The number of nitrogens with zero attached hydrogens (tertiary/aromatic N) is 1. The van der Waals surface area contributed by atoms with Crippen molar-refractivity contribution < 1.29 is 14.7 Å². The van der Waals surface area contributed by atoms with Crippen LogP contribution in [-0.4, -0.2) is 37.1 Å². The van der Waals surface area contributed by atoms with Crippen LogP contribution < -0.4 is 16.0 Å². The molecule has 1 aromatic rings. The van der Waals surface area contributed by atoms with E-state index in [1.54, 1.807) is 18.0 Å². The number of carboxylic acid groups (broad SMARTS) is 1. The Balaban J connectivity index is 3.09. The number of rotatable bonds is 6. The summed E-state index contributed by atoms with van der Waals surface area (Å²) in [7, 11) is 1.56. The van der Waals surface area contributed by atoms with Gasteiger partial charge < -0.3 is 21.1 Å². The van der Waals surface area contributed by atoms with Crippen LogP contribution in [0.15, 0.2) is 18.2 Å². The third kappa shape index (κ3) is 3.87. The van der Waals surface area contributed by atoms with Gasteiger partial charge in [-0.15, -0.1) is 0 Å². The molecule has 0 spiro atoms. The Morgan fingerprint density at radius 1 is 1.42 bits per heavy atom. The topological polar surface area (TPSA) is 95.7 Å². The highest BCUT2D eigenvalue weighted by atomic mass is 16.4. The minimum atomic E-state index is -1.02. The highest BCUT2D eigenvalue weighted by Gasteiger charge is 2.15. The normalized spacial score (nSPS) is 10.0. The van der Waals surface area contributed by atoms with Crippen LogP contribution >= 0.6 is 0 Å². The molecule has 0 atom stereocenters. The molecule has 6 nitrogen and oxygen atoms in total. The Morgan fingerprint density at radius 3 is 2.63 bits per heavy atom. The fraction of sp³-hybridized carbons (Fsp3) is 0.385. The van der Waals surface area contributed by atoms with Gasteiger partial charge in [0, 0.05) is 13.6 Å². The lowest BCUT2D eigenvalue weighted by atomic mass is 10.1. The Kier molecular flexibility index (Phi) is 5.17. The summed E-state index contributed by atoms with van der Waals surface area (Å²) >= 11 is 0. The Morgan fingerprint density at radius 2 is 2.11 bits per heavy atom. The predicted molar refractivity (Wildman–Crippen MR) is 74.4 cm³/mol. The van der Waals surface area contributed by atoms with Crippen LogP contribution in [0.2, 0.25) is 0 Å². The van der Waals surface area contributed by atoms with E-state index in [1.165, 1.54) is 12.1 Å². The lowest BCUT2D eigenvalue weighted by molar-refractivity contribution is -0.119. The summed E-state index contributed by atoms with van der Waals surface area (Å²) in [4.78, 5) is 24.3. The standard InChI is InChI=1S/C13H19N3O3/c1-3-6-16(8-12(17)15-2)11-7-9(13(18)19)4-5-10(11)14/h4-5,7H,3,6,8,14H2,1-2H3,(H,15,17)(H,18,19). The quantitative estimate of drug-likeness (QED) is 0.665. The van der Waals surface area contributed by atoms with Crippen LogP contribution in [0, 0.1) is 0 Å². The van der Waals surface area contributed by atoms with Crippen molar-refractivity contribution in [2.75, 3.05) is 30.8 Å². The minimum Gasteiger partial charge on any atom is -0.478 e. The first-order valence-corrected chi connectivity index (χ1v) is 6.08. The SMILES string of the molecule is CCCN(CC(=O)NC)c1cc(C(=O)O)ccc1N. The number of hydrogen-bond acceptors (Lipinski definition) is 4. The number of hydrogen-bond donors (Lipinski definition) is 3. The fourth-order valence-electron chi connectivity index (χ4n) is 1.76. The van der Waals surface area contributed by atoms with Gasteiger partial charge in [-0.25, -0.2) is 4.79 Å². The largest absolute Gasteiger partial charge is 0.478 e. The van der Waals surface area contributed by atoms with Crippen molar-refractivity contribution in [1.82, 2.24) is 5.32 Å². The highest BCUT2D eigenvalue weighted by molar-refractivity contribution is 5.91. The molecule has 1 rings (SSSR count). The number of nitrogens with two attached hydrogens (primary N) is 1. The maximum atomic E-state index is 11.5. The van der Waals surface area contributed by atoms with Crippen molar-refractivity contribution >= 4 is 23.3 Å². The molecule has 1 amide bonds. The van der Waals surface area contributed by atoms with Gasteiger partial charge in [0.05, 0.1) is 23.5 Å². The first-order valence-electron chi connectivity index (χ1n) is 6.08. The molecule has 0 aliphatic rings. The molecule has 1 aromatic carbocycles. The highest BCUT2D eigenvalue weighted by Crippen LogP contribution is 2.24. The number of nitrogen functional groups attached to an aromatic ring is 1. The number of anilines is 2. The average molecular weight is 265 g/mol. The molecule has 0 fully saturated rings. The van der Waals surface area contributed by atoms with E-state index >= 15 is 0 Å². The molecule has 0 heterocycles. The van der Waals surface area contributed by atoms with E-state index < -0.39 is 5.97 Å². The molecular formula is C13H19N3O3. The molecule has 0 aliphatic carbocycles. The lowest BCUT2D eigenvalue weighted by Crippen LogP contribution is -2.36. The van der Waals surface area contributed by atoms with Crippen molar-refractivity contribution in [1.29, 1.82) is 0 Å². The van der Waals surface area contributed by atoms with Crippen LogP contribution in [0.4, 0.5) is 11.4 Å². The van der Waals surface area contributed by atoms with Gasteiger partial charge in [0.25, 0.3) is 0 Å². The molecular weight excluding hydrogens is 246 g/mol. The van der Waals surface area contributed by atoms with Crippen LogP contribution in [0.25, 0.3) is 0 Å². The van der Waals surface area contributed by atoms with Gasteiger partial charge in [0.2, 0.25) is 5.91 Å². The maximum Gasteiger partial charge on any atom is 0.335 e. The van der Waals surface area contributed by atoms with E-state index in [0.29, 0.717) is 17.9 Å². The second-order valence-corrected chi connectivity index (χ2v) is 4.17. The van der Waals surface area contributed by atoms with Gasteiger partial charge in [-0.3, -0.25) is 4.79 Å². The molecule has 0 aliphatic heterocycles. The number of carbonyl (C=O) groups is 2. The lowest BCUT2D eigenvalue weighted by Gasteiger charge is -2.25. The van der Waals surface area contributed by atoms with Crippen molar-refractivity contribution in [3.8, 4) is 0 Å². The molecule has 0 unspecified atom stereocenters. The number of nitrogens with one attached hydrogen (secondary N) is 1. The Bertz CT molecular complexity index is 474. The summed E-state index contributed by atoms with van der Waals surface area (Å²) in [5.41, 5.74) is 7.06. The van der Waals surface area contributed by atoms with Gasteiger partial charge in [-0.05, 0) is 24.6 Å². The average Bonchev–Trinajstić information content (AvgIpc) is 2.38. The van der Waals surface area contributed by atoms with E-state index in [2.05, 4.69) is 5.32 Å². The first-order chi connectivity index (χ1) is 8.99. The third-order valence-electron chi connectivity index (χ3n) is 2.72. The van der Waals surface area contributed by atoms with Gasteiger partial charge in [-0.2, -0.15) is 0 Å². The summed E-state index contributed by atoms with van der Waals surface area (Å²) in [6.45, 7) is 2.76. The maximum absolute atomic E-state index is 11.5. The molecule has 0 bridgehead atoms. The number of likely N-dealkylation sites (N-methyl/N-ethyl adjacent to an activating group) is 1. The zero-order chi connectivity index (χ0) is 14.4. The monoisotopic (exact) mass is 265 g/mol. The van der Waals surface area contributed by atoms with Crippen LogP contribution in [0.5, 0.6) is 0 Å². The van der Waals surface area contributed by atoms with E-state index in [-0.39, 0.29) is 18.0 Å². The summed E-state index contributed by atoms with van der Waals surface area (Å²) in [5, 5.41) is 11.5. The third-order valence-corrected chi connectivity index (χ3v) is 2.72. The molecule has 0 saturated carbocycles. The summed E-state index contributed by atoms with van der Waals surface area (Å²) in [5.74, 6) is -1.16. The number of benzene rings is 1. The second-order valence-electron chi connectivity index (χ2n) is 4.17. The summed E-state index contributed by atoms with van der Waals surface area (Å²) in [6, 6.07) is 4.49. The molecule has 19 heavy (non-hydrogen) atoms. The first kappa shape index (κ1) is 14.8.